The number of fused-ring (bicyclic) bond motifs is 1. The second-order valence-electron chi connectivity index (χ2n) is 9.91. The fourth-order valence-electron chi connectivity index (χ4n) is 4.93. The molecular weight excluding hydrogens is 520 g/mol. The number of ether oxygens (including phenoxy) is 1. The SMILES string of the molecule is CCN(CCNC(=O)[C@H]1O[C@@H](n2cnc3c(N)ncnc32)[C@H](C)[C@@H]1O)c1ccc(/C=C/c2ccc(C#N)cc2)cc1. The van der Waals surface area contributed by atoms with E-state index < -0.39 is 18.4 Å². The number of hydrogen-bond donors (Lipinski definition) is 3. The standard InChI is InChI=1S/C30H32N8O3/c1-3-37(23-12-10-21(11-13-23)5-4-20-6-8-22(16-31)9-7-20)15-14-33-29(40)26-25(39)19(2)30(41-26)38-18-36-24-27(32)34-17-35-28(24)38/h4-13,17-19,25-26,30,39H,3,14-15H2,1-2H3,(H,33,40)(H2,32,34,35)/b5-4+/t19-,25+,26+,30-/m1/s1. The Kier molecular flexibility index (Phi) is 8.24. The van der Waals surface area contributed by atoms with Gasteiger partial charge in [0.15, 0.2) is 17.6 Å². The lowest BCUT2D eigenvalue weighted by atomic mass is 10.0. The van der Waals surface area contributed by atoms with E-state index in [4.69, 9.17) is 15.7 Å². The minimum absolute atomic E-state index is 0.254. The third kappa shape index (κ3) is 5.89. The molecule has 0 spiro atoms. The van der Waals surface area contributed by atoms with Crippen LogP contribution in [0.3, 0.4) is 0 Å². The minimum Gasteiger partial charge on any atom is -0.389 e. The van der Waals surface area contributed by atoms with E-state index in [0.717, 1.165) is 23.4 Å². The van der Waals surface area contributed by atoms with Gasteiger partial charge >= 0.3 is 0 Å². The number of benzene rings is 2. The maximum Gasteiger partial charge on any atom is 0.252 e. The van der Waals surface area contributed by atoms with E-state index >= 15 is 0 Å². The van der Waals surface area contributed by atoms with E-state index in [2.05, 4.69) is 38.2 Å². The number of hydrogen-bond acceptors (Lipinski definition) is 9. The van der Waals surface area contributed by atoms with Crippen LogP contribution < -0.4 is 16.0 Å². The first kappa shape index (κ1) is 27.8. The number of aliphatic hydroxyl groups is 1. The topological polar surface area (TPSA) is 155 Å². The molecule has 0 bridgehead atoms. The Morgan fingerprint density at radius 3 is 2.49 bits per heavy atom. The Bertz CT molecular complexity index is 1580. The highest BCUT2D eigenvalue weighted by Gasteiger charge is 2.46. The number of aromatic nitrogens is 4. The van der Waals surface area contributed by atoms with Gasteiger partial charge in [-0.2, -0.15) is 5.26 Å². The van der Waals surface area contributed by atoms with Gasteiger partial charge in [-0.1, -0.05) is 43.3 Å². The van der Waals surface area contributed by atoms with Crippen molar-refractivity contribution in [2.24, 2.45) is 5.92 Å². The van der Waals surface area contributed by atoms with E-state index in [1.54, 1.807) is 16.7 Å². The third-order valence-corrected chi connectivity index (χ3v) is 7.33. The molecule has 1 aliphatic heterocycles. The Balaban J connectivity index is 1.16. The fraction of sp³-hybridized carbons (Fsp3) is 0.300. The maximum absolute atomic E-state index is 13.0. The Hall–Kier alpha value is -4.79. The summed E-state index contributed by atoms with van der Waals surface area (Å²) in [6.45, 7) is 5.61. The maximum atomic E-state index is 13.0. The summed E-state index contributed by atoms with van der Waals surface area (Å²) in [5.74, 6) is -0.496. The van der Waals surface area contributed by atoms with Crippen LogP contribution in [0, 0.1) is 17.2 Å². The monoisotopic (exact) mass is 552 g/mol. The largest absolute Gasteiger partial charge is 0.389 e. The number of nitrogens with two attached hydrogens (primary N) is 1. The van der Waals surface area contributed by atoms with Crippen molar-refractivity contribution in [2.75, 3.05) is 30.3 Å². The van der Waals surface area contributed by atoms with Gasteiger partial charge in [0.1, 0.15) is 18.1 Å². The predicted octanol–water partition coefficient (Wildman–Crippen LogP) is 2.99. The van der Waals surface area contributed by atoms with E-state index in [9.17, 15) is 9.90 Å². The molecule has 11 nitrogen and oxygen atoms in total. The summed E-state index contributed by atoms with van der Waals surface area (Å²) < 4.78 is 7.69. The lowest BCUT2D eigenvalue weighted by molar-refractivity contribution is -0.137. The molecule has 41 heavy (non-hydrogen) atoms. The molecule has 2 aromatic heterocycles. The van der Waals surface area contributed by atoms with Crippen molar-refractivity contribution in [3.63, 3.8) is 0 Å². The van der Waals surface area contributed by atoms with Crippen LogP contribution in [0.5, 0.6) is 0 Å². The Labute approximate surface area is 237 Å². The Morgan fingerprint density at radius 2 is 1.83 bits per heavy atom. The highest BCUT2D eigenvalue weighted by molar-refractivity contribution is 5.82. The number of nitrogen functional groups attached to an aromatic ring is 1. The van der Waals surface area contributed by atoms with Crippen LogP contribution >= 0.6 is 0 Å². The molecule has 1 aliphatic rings. The molecule has 0 radical (unpaired) electrons. The first-order valence-electron chi connectivity index (χ1n) is 13.5. The number of amides is 1. The van der Waals surface area contributed by atoms with Crippen LogP contribution in [-0.4, -0.2) is 62.4 Å². The highest BCUT2D eigenvalue weighted by Crippen LogP contribution is 2.36. The normalized spacial score (nSPS) is 20.3. The number of carbonyl (C=O) groups excluding carboxylic acids is 1. The van der Waals surface area contributed by atoms with Gasteiger partial charge in [-0.3, -0.25) is 9.36 Å². The van der Waals surface area contributed by atoms with E-state index in [1.807, 2.05) is 55.5 Å². The zero-order valence-corrected chi connectivity index (χ0v) is 22.9. The molecule has 0 aliphatic carbocycles. The first-order chi connectivity index (χ1) is 19.9. The van der Waals surface area contributed by atoms with Crippen LogP contribution in [-0.2, 0) is 9.53 Å². The highest BCUT2D eigenvalue weighted by atomic mass is 16.5. The van der Waals surface area contributed by atoms with Crippen molar-refractivity contribution in [2.45, 2.75) is 32.3 Å². The molecule has 5 rings (SSSR count). The molecule has 3 heterocycles. The lowest BCUT2D eigenvalue weighted by Crippen LogP contribution is -2.44. The van der Waals surface area contributed by atoms with E-state index in [-0.39, 0.29) is 17.6 Å². The molecule has 0 unspecified atom stereocenters. The summed E-state index contributed by atoms with van der Waals surface area (Å²) in [7, 11) is 0. The second kappa shape index (κ2) is 12.2. The molecule has 11 heteroatoms. The van der Waals surface area contributed by atoms with Crippen molar-refractivity contribution < 1.29 is 14.6 Å². The molecule has 1 amide bonds. The number of nitriles is 1. The van der Waals surface area contributed by atoms with Gasteiger partial charge in [-0.05, 0) is 42.3 Å². The smallest absolute Gasteiger partial charge is 0.252 e. The summed E-state index contributed by atoms with van der Waals surface area (Å²) >= 11 is 0. The average Bonchev–Trinajstić information content (AvgIpc) is 3.56. The molecule has 4 aromatic rings. The van der Waals surface area contributed by atoms with Crippen molar-refractivity contribution in [1.29, 1.82) is 5.26 Å². The number of likely N-dealkylation sites (N-methyl/N-ethyl adjacent to an activating group) is 1. The second-order valence-corrected chi connectivity index (χ2v) is 9.91. The number of nitrogens with zero attached hydrogens (tertiary/aromatic N) is 6. The summed E-state index contributed by atoms with van der Waals surface area (Å²) in [6, 6.07) is 17.7. The van der Waals surface area contributed by atoms with Crippen LogP contribution in [0.15, 0.2) is 61.2 Å². The third-order valence-electron chi connectivity index (χ3n) is 7.33. The number of nitrogens with one attached hydrogen (secondary N) is 1. The Morgan fingerprint density at radius 1 is 1.15 bits per heavy atom. The van der Waals surface area contributed by atoms with Gasteiger partial charge in [0.25, 0.3) is 5.91 Å². The number of carbonyl (C=O) groups is 1. The molecule has 4 atom stereocenters. The molecule has 1 saturated heterocycles. The predicted molar refractivity (Wildman–Crippen MR) is 156 cm³/mol. The molecule has 210 valence electrons. The minimum atomic E-state index is -1.02. The molecule has 2 aromatic carbocycles. The fourth-order valence-corrected chi connectivity index (χ4v) is 4.93. The number of aliphatic hydroxyl groups excluding tert-OH is 1. The summed E-state index contributed by atoms with van der Waals surface area (Å²) in [5.41, 5.74) is 10.6. The van der Waals surface area contributed by atoms with Gasteiger partial charge in [-0.15, -0.1) is 0 Å². The van der Waals surface area contributed by atoms with Crippen molar-refractivity contribution in [3.8, 4) is 6.07 Å². The van der Waals surface area contributed by atoms with E-state index in [1.165, 1.54) is 12.7 Å². The van der Waals surface area contributed by atoms with Crippen LogP contribution in [0.2, 0.25) is 0 Å². The van der Waals surface area contributed by atoms with Gasteiger partial charge in [-0.25, -0.2) is 15.0 Å². The lowest BCUT2D eigenvalue weighted by Gasteiger charge is -2.24. The van der Waals surface area contributed by atoms with Gasteiger partial charge in [0.2, 0.25) is 0 Å². The number of rotatable bonds is 9. The first-order valence-corrected chi connectivity index (χ1v) is 13.5. The molecular formula is C30H32N8O3. The van der Waals surface area contributed by atoms with Crippen LogP contribution in [0.25, 0.3) is 23.3 Å². The van der Waals surface area contributed by atoms with Gasteiger partial charge in [0, 0.05) is 31.2 Å². The van der Waals surface area contributed by atoms with Crippen LogP contribution in [0.4, 0.5) is 11.5 Å². The zero-order chi connectivity index (χ0) is 28.9. The average molecular weight is 553 g/mol. The van der Waals surface area contributed by atoms with Crippen molar-refractivity contribution >= 4 is 40.7 Å². The molecule has 4 N–H and O–H groups in total. The summed E-state index contributed by atoms with van der Waals surface area (Å²) in [4.78, 5) is 27.6. The summed E-state index contributed by atoms with van der Waals surface area (Å²) in [6.07, 6.45) is 4.27. The van der Waals surface area contributed by atoms with Crippen molar-refractivity contribution in [1.82, 2.24) is 24.8 Å². The number of anilines is 2. The van der Waals surface area contributed by atoms with Crippen molar-refractivity contribution in [3.05, 3.63) is 77.9 Å². The molecule has 0 saturated carbocycles. The summed E-state index contributed by atoms with van der Waals surface area (Å²) in [5, 5.41) is 22.7. The number of imidazole rings is 1. The zero-order valence-electron chi connectivity index (χ0n) is 22.9. The van der Waals surface area contributed by atoms with E-state index in [0.29, 0.717) is 29.8 Å². The van der Waals surface area contributed by atoms with Gasteiger partial charge < -0.3 is 25.8 Å². The van der Waals surface area contributed by atoms with Gasteiger partial charge in [0.05, 0.1) is 24.1 Å². The quantitative estimate of drug-likeness (QED) is 0.266. The molecule has 1 fully saturated rings. The van der Waals surface area contributed by atoms with Crippen LogP contribution in [0.1, 0.15) is 36.8 Å².